The van der Waals surface area contributed by atoms with Gasteiger partial charge in [-0.15, -0.1) is 0 Å². The van der Waals surface area contributed by atoms with Crippen molar-refractivity contribution in [1.82, 2.24) is 15.1 Å². The largest absolute Gasteiger partial charge is 0.364 e. The fourth-order valence-electron chi connectivity index (χ4n) is 6.81. The maximum Gasteiger partial charge on any atom is 0.275 e. The summed E-state index contributed by atoms with van der Waals surface area (Å²) in [5.74, 6) is 1.44. The zero-order chi connectivity index (χ0) is 21.0. The Hall–Kier alpha value is -2.70. The van der Waals surface area contributed by atoms with E-state index in [-0.39, 0.29) is 29.6 Å². The molecule has 4 aliphatic carbocycles. The first kappa shape index (κ1) is 19.3. The Bertz CT molecular complexity index is 1050. The lowest BCUT2D eigenvalue weighted by Crippen LogP contribution is -2.56. The second-order valence-electron chi connectivity index (χ2n) is 9.79. The summed E-state index contributed by atoms with van der Waals surface area (Å²) in [6.07, 6.45) is 7.64. The van der Waals surface area contributed by atoms with Gasteiger partial charge in [-0.2, -0.15) is 5.10 Å². The van der Waals surface area contributed by atoms with Gasteiger partial charge in [0.05, 0.1) is 5.39 Å². The molecule has 158 valence electrons. The third kappa shape index (κ3) is 3.11. The van der Waals surface area contributed by atoms with Crippen molar-refractivity contribution in [2.75, 3.05) is 0 Å². The lowest BCUT2D eigenvalue weighted by molar-refractivity contribution is -0.126. The van der Waals surface area contributed by atoms with Crippen molar-refractivity contribution < 1.29 is 9.59 Å². The van der Waals surface area contributed by atoms with Gasteiger partial charge in [-0.25, -0.2) is 4.68 Å². The monoisotopic (exact) mass is 408 g/mol. The number of aromatic nitrogens is 2. The van der Waals surface area contributed by atoms with Crippen LogP contribution in [-0.4, -0.2) is 27.6 Å². The van der Waals surface area contributed by atoms with Gasteiger partial charge in [-0.1, -0.05) is 18.2 Å². The molecule has 0 radical (unpaired) electrons. The van der Waals surface area contributed by atoms with Gasteiger partial charge in [-0.3, -0.25) is 14.4 Å². The summed E-state index contributed by atoms with van der Waals surface area (Å²) >= 11 is 0. The fourth-order valence-corrected chi connectivity index (χ4v) is 6.81. The molecule has 1 aromatic heterocycles. The molecule has 7 heteroatoms. The molecule has 0 aliphatic heterocycles. The summed E-state index contributed by atoms with van der Waals surface area (Å²) < 4.78 is 1.06. The Morgan fingerprint density at radius 3 is 2.27 bits per heavy atom. The highest BCUT2D eigenvalue weighted by Crippen LogP contribution is 2.61. The number of carbonyl (C=O) groups is 2. The molecule has 2 amide bonds. The average molecular weight is 409 g/mol. The van der Waals surface area contributed by atoms with E-state index in [1.807, 2.05) is 0 Å². The molecule has 0 unspecified atom stereocenters. The van der Waals surface area contributed by atoms with E-state index >= 15 is 0 Å². The van der Waals surface area contributed by atoms with Crippen molar-refractivity contribution in [3.8, 4) is 0 Å². The Morgan fingerprint density at radius 1 is 1.13 bits per heavy atom. The highest BCUT2D eigenvalue weighted by molar-refractivity contribution is 6.04. The first-order chi connectivity index (χ1) is 14.3. The minimum Gasteiger partial charge on any atom is -0.364 e. The molecule has 2 aromatic rings. The number of hydrogen-bond acceptors (Lipinski definition) is 4. The van der Waals surface area contributed by atoms with Crippen LogP contribution >= 0.6 is 0 Å². The summed E-state index contributed by atoms with van der Waals surface area (Å²) in [5.41, 5.74) is 5.26. The van der Waals surface area contributed by atoms with Gasteiger partial charge in [0.25, 0.3) is 11.5 Å². The third-order valence-corrected chi connectivity index (χ3v) is 7.78. The second-order valence-corrected chi connectivity index (χ2v) is 9.79. The molecular formula is C23H28N4O3. The summed E-state index contributed by atoms with van der Waals surface area (Å²) in [6.45, 7) is 1.89. The minimum atomic E-state index is -0.720. The van der Waals surface area contributed by atoms with E-state index in [9.17, 15) is 14.4 Å². The number of amides is 2. The molecule has 0 saturated heterocycles. The van der Waals surface area contributed by atoms with Crippen LogP contribution in [0.5, 0.6) is 0 Å². The van der Waals surface area contributed by atoms with Crippen molar-refractivity contribution in [1.29, 1.82) is 0 Å². The molecule has 1 heterocycles. The SMILES string of the molecule is C[C@H](NC(=O)Cn1nc(C(N)=O)c2ccccc2c1=O)C12CC3CC(CC(C3)C1)C2. The van der Waals surface area contributed by atoms with Crippen LogP contribution in [0.3, 0.4) is 0 Å². The van der Waals surface area contributed by atoms with Crippen LogP contribution in [-0.2, 0) is 11.3 Å². The van der Waals surface area contributed by atoms with E-state index in [0.29, 0.717) is 10.8 Å². The zero-order valence-electron chi connectivity index (χ0n) is 17.3. The fraction of sp³-hybridized carbons (Fsp3) is 0.565. The first-order valence-electron chi connectivity index (χ1n) is 10.9. The van der Waals surface area contributed by atoms with Crippen LogP contribution in [0.1, 0.15) is 55.9 Å². The minimum absolute atomic E-state index is 0.00660. The number of benzene rings is 1. The van der Waals surface area contributed by atoms with Crippen LogP contribution in [0, 0.1) is 23.2 Å². The van der Waals surface area contributed by atoms with Crippen molar-refractivity contribution in [3.63, 3.8) is 0 Å². The van der Waals surface area contributed by atoms with E-state index in [4.69, 9.17) is 5.73 Å². The van der Waals surface area contributed by atoms with Crippen molar-refractivity contribution in [2.24, 2.45) is 28.9 Å². The van der Waals surface area contributed by atoms with Crippen LogP contribution in [0.2, 0.25) is 0 Å². The van der Waals surface area contributed by atoms with Crippen LogP contribution in [0.25, 0.3) is 10.8 Å². The summed E-state index contributed by atoms with van der Waals surface area (Å²) in [7, 11) is 0. The Morgan fingerprint density at radius 2 is 1.70 bits per heavy atom. The lowest BCUT2D eigenvalue weighted by atomic mass is 9.48. The third-order valence-electron chi connectivity index (χ3n) is 7.78. The van der Waals surface area contributed by atoms with E-state index in [2.05, 4.69) is 17.3 Å². The zero-order valence-corrected chi connectivity index (χ0v) is 17.3. The van der Waals surface area contributed by atoms with E-state index < -0.39 is 11.5 Å². The van der Waals surface area contributed by atoms with Crippen molar-refractivity contribution in [2.45, 2.75) is 58.0 Å². The van der Waals surface area contributed by atoms with Crippen molar-refractivity contribution >= 4 is 22.6 Å². The van der Waals surface area contributed by atoms with E-state index in [1.54, 1.807) is 24.3 Å². The standard InChI is InChI=1S/C23H28N4O3/c1-13(23-9-14-6-15(10-23)8-16(7-14)11-23)25-19(28)12-27-22(30)18-5-3-2-4-17(18)20(26-27)21(24)29/h2-5,13-16H,6-12H2,1H3,(H2,24,29)(H,25,28)/t13-,14?,15?,16?,23?/m0/s1. The number of primary amides is 1. The number of hydrogen-bond donors (Lipinski definition) is 2. The predicted octanol–water partition coefficient (Wildman–Crippen LogP) is 2.22. The smallest absolute Gasteiger partial charge is 0.275 e. The number of fused-ring (bicyclic) bond motifs is 1. The van der Waals surface area contributed by atoms with Gasteiger partial charge in [0, 0.05) is 11.4 Å². The maximum absolute atomic E-state index is 12.9. The van der Waals surface area contributed by atoms with Crippen molar-refractivity contribution in [3.05, 3.63) is 40.3 Å². The van der Waals surface area contributed by atoms with Gasteiger partial charge < -0.3 is 11.1 Å². The quantitative estimate of drug-likeness (QED) is 0.791. The first-order valence-corrected chi connectivity index (χ1v) is 10.9. The lowest BCUT2D eigenvalue weighted by Gasteiger charge is -2.59. The van der Waals surface area contributed by atoms with Crippen LogP contribution < -0.4 is 16.6 Å². The number of nitrogens with two attached hydrogens (primary N) is 1. The van der Waals surface area contributed by atoms with Gasteiger partial charge in [0.2, 0.25) is 5.91 Å². The maximum atomic E-state index is 12.9. The predicted molar refractivity (Wildman–Crippen MR) is 113 cm³/mol. The van der Waals surface area contributed by atoms with Crippen LogP contribution in [0.15, 0.2) is 29.1 Å². The molecule has 1 aromatic carbocycles. The molecule has 4 aliphatic rings. The molecule has 0 spiro atoms. The van der Waals surface area contributed by atoms with E-state index in [0.717, 1.165) is 22.4 Å². The highest BCUT2D eigenvalue weighted by Gasteiger charge is 2.53. The van der Waals surface area contributed by atoms with Gasteiger partial charge in [0.1, 0.15) is 6.54 Å². The molecule has 7 nitrogen and oxygen atoms in total. The molecular weight excluding hydrogens is 380 g/mol. The normalized spacial score (nSPS) is 30.4. The summed E-state index contributed by atoms with van der Waals surface area (Å²) in [5, 5.41) is 8.01. The number of rotatable bonds is 5. The molecule has 4 saturated carbocycles. The number of nitrogens with one attached hydrogen (secondary N) is 1. The highest BCUT2D eigenvalue weighted by atomic mass is 16.2. The summed E-state index contributed by atoms with van der Waals surface area (Å²) in [6, 6.07) is 6.76. The second kappa shape index (κ2) is 6.93. The van der Waals surface area contributed by atoms with Crippen LogP contribution in [0.4, 0.5) is 0 Å². The molecule has 30 heavy (non-hydrogen) atoms. The summed E-state index contributed by atoms with van der Waals surface area (Å²) in [4.78, 5) is 37.5. The Labute approximate surface area is 175 Å². The molecule has 4 bridgehead atoms. The molecule has 3 N–H and O–H groups in total. The molecule has 6 rings (SSSR count). The van der Waals surface area contributed by atoms with Gasteiger partial charge >= 0.3 is 0 Å². The average Bonchev–Trinajstić information content (AvgIpc) is 2.69. The Balaban J connectivity index is 1.37. The number of carbonyl (C=O) groups excluding carboxylic acids is 2. The van der Waals surface area contributed by atoms with E-state index in [1.165, 1.54) is 38.5 Å². The van der Waals surface area contributed by atoms with Gasteiger partial charge in [0.15, 0.2) is 5.69 Å². The number of nitrogens with zero attached hydrogens (tertiary/aromatic N) is 2. The topological polar surface area (TPSA) is 107 Å². The molecule has 4 fully saturated rings. The van der Waals surface area contributed by atoms with Gasteiger partial charge in [-0.05, 0) is 74.7 Å². The Kier molecular flexibility index (Phi) is 4.45. The molecule has 1 atom stereocenters.